The summed E-state index contributed by atoms with van der Waals surface area (Å²) in [6.45, 7) is 9.16. The average Bonchev–Trinajstić information content (AvgIpc) is 3.15. The summed E-state index contributed by atoms with van der Waals surface area (Å²) in [5.74, 6) is 1.33. The lowest BCUT2D eigenvalue weighted by Gasteiger charge is -2.34. The molecule has 1 atom stereocenters. The molecule has 0 saturated carbocycles. The number of ether oxygens (including phenoxy) is 2. The zero-order chi connectivity index (χ0) is 18.6. The van der Waals surface area contributed by atoms with Gasteiger partial charge in [0.05, 0.1) is 13.2 Å². The number of nitrogens with one attached hydrogen (secondary N) is 3. The molecular formula is C18H36IN5O3. The molecule has 0 radical (unpaired) electrons. The minimum Gasteiger partial charge on any atom is -0.383 e. The molecule has 2 aliphatic rings. The second-order valence-electron chi connectivity index (χ2n) is 6.99. The average molecular weight is 497 g/mol. The predicted molar refractivity (Wildman–Crippen MR) is 118 cm³/mol. The van der Waals surface area contributed by atoms with Crippen LogP contribution < -0.4 is 16.0 Å². The molecule has 8 nitrogen and oxygen atoms in total. The fourth-order valence-electron chi connectivity index (χ4n) is 3.36. The molecule has 2 rings (SSSR count). The molecule has 2 heterocycles. The third kappa shape index (κ3) is 9.91. The Morgan fingerprint density at radius 3 is 2.67 bits per heavy atom. The maximum Gasteiger partial charge on any atom is 0.241 e. The lowest BCUT2D eigenvalue weighted by molar-refractivity contribution is -0.119. The maximum atomic E-state index is 11.8. The van der Waals surface area contributed by atoms with Crippen molar-refractivity contribution in [3.05, 3.63) is 0 Å². The van der Waals surface area contributed by atoms with E-state index in [-0.39, 0.29) is 36.4 Å². The Bertz CT molecular complexity index is 439. The lowest BCUT2D eigenvalue weighted by Crippen LogP contribution is -2.49. The summed E-state index contributed by atoms with van der Waals surface area (Å²) in [5.41, 5.74) is 0. The van der Waals surface area contributed by atoms with Crippen LogP contribution in [0.25, 0.3) is 0 Å². The number of guanidine groups is 1. The van der Waals surface area contributed by atoms with Gasteiger partial charge >= 0.3 is 0 Å². The van der Waals surface area contributed by atoms with Gasteiger partial charge in [0.2, 0.25) is 5.91 Å². The van der Waals surface area contributed by atoms with Crippen LogP contribution in [-0.2, 0) is 14.3 Å². The number of methoxy groups -OCH3 is 1. The van der Waals surface area contributed by atoms with Crippen LogP contribution in [0.1, 0.15) is 26.2 Å². The molecule has 1 amide bonds. The first-order valence-electron chi connectivity index (χ1n) is 9.81. The molecule has 0 aromatic heterocycles. The highest BCUT2D eigenvalue weighted by molar-refractivity contribution is 14.0. The Morgan fingerprint density at radius 1 is 1.26 bits per heavy atom. The number of nitrogens with zero attached hydrogens (tertiary/aromatic N) is 2. The van der Waals surface area contributed by atoms with Gasteiger partial charge in [0.15, 0.2) is 5.96 Å². The van der Waals surface area contributed by atoms with Crippen molar-refractivity contribution in [1.82, 2.24) is 20.9 Å². The van der Waals surface area contributed by atoms with Gasteiger partial charge in [0, 0.05) is 52.5 Å². The molecule has 3 N–H and O–H groups in total. The molecule has 9 heteroatoms. The highest BCUT2D eigenvalue weighted by Gasteiger charge is 2.24. The molecule has 0 aromatic carbocycles. The molecule has 2 fully saturated rings. The van der Waals surface area contributed by atoms with Crippen LogP contribution in [0.5, 0.6) is 0 Å². The van der Waals surface area contributed by atoms with Gasteiger partial charge in [-0.3, -0.25) is 4.79 Å². The van der Waals surface area contributed by atoms with Crippen molar-refractivity contribution in [3.8, 4) is 0 Å². The molecule has 0 bridgehead atoms. The summed E-state index contributed by atoms with van der Waals surface area (Å²) in [6.07, 6.45) is 3.39. The summed E-state index contributed by atoms with van der Waals surface area (Å²) < 4.78 is 10.4. The zero-order valence-electron chi connectivity index (χ0n) is 16.7. The number of piperidine rings is 1. The fourth-order valence-corrected chi connectivity index (χ4v) is 3.36. The van der Waals surface area contributed by atoms with E-state index in [0.29, 0.717) is 25.1 Å². The lowest BCUT2D eigenvalue weighted by atomic mass is 10.0. The SMILES string of the molecule is CCNC(=NCC(=O)NCCOC)NC1CCN(CC2CCOC2)CC1.I. The Kier molecular flexibility index (Phi) is 13.0. The van der Waals surface area contributed by atoms with E-state index >= 15 is 0 Å². The van der Waals surface area contributed by atoms with Crippen LogP contribution in [0.2, 0.25) is 0 Å². The van der Waals surface area contributed by atoms with Crippen molar-refractivity contribution in [2.75, 3.05) is 66.2 Å². The van der Waals surface area contributed by atoms with Gasteiger partial charge in [-0.25, -0.2) is 4.99 Å². The molecule has 0 aromatic rings. The molecule has 0 aliphatic carbocycles. The van der Waals surface area contributed by atoms with Crippen LogP contribution >= 0.6 is 24.0 Å². The standard InChI is InChI=1S/C18H35N5O3.HI/c1-3-19-18(21-12-17(24)20-7-11-25-2)22-16-4-8-23(9-5-16)13-15-6-10-26-14-15;/h15-16H,3-14H2,1-2H3,(H,20,24)(H2,19,21,22);1H. The highest BCUT2D eigenvalue weighted by Crippen LogP contribution is 2.17. The van der Waals surface area contributed by atoms with Crippen LogP contribution in [0, 0.1) is 5.92 Å². The van der Waals surface area contributed by atoms with E-state index in [9.17, 15) is 4.79 Å². The smallest absolute Gasteiger partial charge is 0.241 e. The number of rotatable bonds is 9. The fraction of sp³-hybridized carbons (Fsp3) is 0.889. The molecule has 158 valence electrons. The second-order valence-corrected chi connectivity index (χ2v) is 6.99. The quantitative estimate of drug-likeness (QED) is 0.185. The van der Waals surface area contributed by atoms with Gasteiger partial charge < -0.3 is 30.3 Å². The van der Waals surface area contributed by atoms with Crippen LogP contribution in [0.15, 0.2) is 4.99 Å². The van der Waals surface area contributed by atoms with E-state index < -0.39 is 0 Å². The number of aliphatic imine (C=N–C) groups is 1. The van der Waals surface area contributed by atoms with E-state index in [1.54, 1.807) is 7.11 Å². The van der Waals surface area contributed by atoms with Crippen molar-refractivity contribution in [3.63, 3.8) is 0 Å². The van der Waals surface area contributed by atoms with Gasteiger partial charge in [-0.15, -0.1) is 24.0 Å². The van der Waals surface area contributed by atoms with E-state index in [0.717, 1.165) is 58.2 Å². The first-order chi connectivity index (χ1) is 12.7. The first kappa shape index (κ1) is 24.4. The van der Waals surface area contributed by atoms with E-state index in [1.807, 2.05) is 6.92 Å². The summed E-state index contributed by atoms with van der Waals surface area (Å²) in [5, 5.41) is 9.48. The van der Waals surface area contributed by atoms with E-state index in [4.69, 9.17) is 9.47 Å². The predicted octanol–water partition coefficient (Wildman–Crippen LogP) is 0.423. The van der Waals surface area contributed by atoms with Crippen LogP contribution in [-0.4, -0.2) is 89.0 Å². The zero-order valence-corrected chi connectivity index (χ0v) is 19.0. The summed E-state index contributed by atoms with van der Waals surface area (Å²) in [6, 6.07) is 0.403. The number of hydrogen-bond donors (Lipinski definition) is 3. The topological polar surface area (TPSA) is 87.2 Å². The Morgan fingerprint density at radius 2 is 2.04 bits per heavy atom. The van der Waals surface area contributed by atoms with Gasteiger partial charge in [0.25, 0.3) is 0 Å². The normalized spacial score (nSPS) is 21.6. The number of halogens is 1. The van der Waals surface area contributed by atoms with Crippen molar-refractivity contribution in [2.45, 2.75) is 32.2 Å². The van der Waals surface area contributed by atoms with Crippen LogP contribution in [0.4, 0.5) is 0 Å². The van der Waals surface area contributed by atoms with Crippen molar-refractivity contribution in [1.29, 1.82) is 0 Å². The summed E-state index contributed by atoms with van der Waals surface area (Å²) >= 11 is 0. The Balaban J connectivity index is 0.00000364. The largest absolute Gasteiger partial charge is 0.383 e. The minimum atomic E-state index is -0.0899. The van der Waals surface area contributed by atoms with Crippen molar-refractivity contribution >= 4 is 35.8 Å². The minimum absolute atomic E-state index is 0. The maximum absolute atomic E-state index is 11.8. The Labute approximate surface area is 180 Å². The number of likely N-dealkylation sites (tertiary alicyclic amines) is 1. The van der Waals surface area contributed by atoms with Gasteiger partial charge in [-0.2, -0.15) is 0 Å². The molecule has 1 unspecified atom stereocenters. The number of hydrogen-bond acceptors (Lipinski definition) is 5. The van der Waals surface area contributed by atoms with E-state index in [2.05, 4.69) is 25.8 Å². The second kappa shape index (κ2) is 14.4. The Hall–Kier alpha value is -0.650. The molecule has 27 heavy (non-hydrogen) atoms. The van der Waals surface area contributed by atoms with Crippen molar-refractivity contribution in [2.24, 2.45) is 10.9 Å². The van der Waals surface area contributed by atoms with Gasteiger partial charge in [-0.05, 0) is 32.1 Å². The third-order valence-electron chi connectivity index (χ3n) is 4.82. The molecule has 0 spiro atoms. The summed E-state index contributed by atoms with van der Waals surface area (Å²) in [4.78, 5) is 18.7. The number of carbonyl (C=O) groups excluding carboxylic acids is 1. The van der Waals surface area contributed by atoms with Gasteiger partial charge in [-0.1, -0.05) is 0 Å². The van der Waals surface area contributed by atoms with Crippen LogP contribution in [0.3, 0.4) is 0 Å². The summed E-state index contributed by atoms with van der Waals surface area (Å²) in [7, 11) is 1.62. The monoisotopic (exact) mass is 497 g/mol. The van der Waals surface area contributed by atoms with Gasteiger partial charge in [0.1, 0.15) is 6.54 Å². The van der Waals surface area contributed by atoms with E-state index in [1.165, 1.54) is 6.42 Å². The molecular weight excluding hydrogens is 461 g/mol. The molecule has 2 aliphatic heterocycles. The number of carbonyl (C=O) groups is 1. The van der Waals surface area contributed by atoms with Crippen molar-refractivity contribution < 1.29 is 14.3 Å². The number of amides is 1. The third-order valence-corrected chi connectivity index (χ3v) is 4.82. The highest BCUT2D eigenvalue weighted by atomic mass is 127. The molecule has 2 saturated heterocycles. The first-order valence-corrected chi connectivity index (χ1v) is 9.81.